The summed E-state index contributed by atoms with van der Waals surface area (Å²) in [6.07, 6.45) is 3.90. The molecular formula is C15H17NO2. The van der Waals surface area contributed by atoms with Crippen molar-refractivity contribution in [2.75, 3.05) is 13.7 Å². The first-order valence-corrected chi connectivity index (χ1v) is 6.30. The minimum Gasteiger partial charge on any atom is -0.382 e. The molecule has 1 aliphatic carbocycles. The van der Waals surface area contributed by atoms with E-state index in [4.69, 9.17) is 4.74 Å². The van der Waals surface area contributed by atoms with Crippen molar-refractivity contribution < 1.29 is 9.84 Å². The van der Waals surface area contributed by atoms with E-state index >= 15 is 0 Å². The minimum absolute atomic E-state index is 0.306. The summed E-state index contributed by atoms with van der Waals surface area (Å²) >= 11 is 0. The van der Waals surface area contributed by atoms with Crippen molar-refractivity contribution in [2.45, 2.75) is 18.4 Å². The average Bonchev–Trinajstić information content (AvgIpc) is 3.23. The van der Waals surface area contributed by atoms with Gasteiger partial charge in [-0.3, -0.25) is 4.98 Å². The monoisotopic (exact) mass is 243 g/mol. The molecule has 0 radical (unpaired) electrons. The molecule has 1 fully saturated rings. The molecule has 1 aromatic heterocycles. The van der Waals surface area contributed by atoms with Crippen LogP contribution in [-0.2, 0) is 10.3 Å². The molecule has 94 valence electrons. The Labute approximate surface area is 106 Å². The quantitative estimate of drug-likeness (QED) is 0.897. The maximum absolute atomic E-state index is 10.8. The van der Waals surface area contributed by atoms with E-state index in [1.807, 2.05) is 30.3 Å². The van der Waals surface area contributed by atoms with E-state index in [-0.39, 0.29) is 0 Å². The van der Waals surface area contributed by atoms with Gasteiger partial charge < -0.3 is 9.84 Å². The van der Waals surface area contributed by atoms with E-state index in [1.54, 1.807) is 13.3 Å². The highest BCUT2D eigenvalue weighted by Gasteiger charge is 2.45. The molecule has 18 heavy (non-hydrogen) atoms. The fourth-order valence-electron chi connectivity index (χ4n) is 2.53. The highest BCUT2D eigenvalue weighted by Crippen LogP contribution is 2.46. The SMILES string of the molecule is COCC(O)(c1cnc2ccccc2c1)C1CC1. The van der Waals surface area contributed by atoms with Crippen molar-refractivity contribution >= 4 is 10.9 Å². The second-order valence-corrected chi connectivity index (χ2v) is 5.05. The molecule has 1 N–H and O–H groups in total. The molecule has 0 bridgehead atoms. The number of fused-ring (bicyclic) bond motifs is 1. The molecule has 2 aromatic rings. The van der Waals surface area contributed by atoms with E-state index in [2.05, 4.69) is 4.98 Å². The summed E-state index contributed by atoms with van der Waals surface area (Å²) in [5.41, 5.74) is 0.938. The average molecular weight is 243 g/mol. The van der Waals surface area contributed by atoms with Crippen LogP contribution in [-0.4, -0.2) is 23.8 Å². The highest BCUT2D eigenvalue weighted by atomic mass is 16.5. The number of hydrogen-bond acceptors (Lipinski definition) is 3. The Morgan fingerprint density at radius 3 is 2.89 bits per heavy atom. The molecule has 1 saturated carbocycles. The molecule has 1 heterocycles. The van der Waals surface area contributed by atoms with E-state index in [1.165, 1.54) is 0 Å². The lowest BCUT2D eigenvalue weighted by Crippen LogP contribution is -2.33. The number of methoxy groups -OCH3 is 1. The zero-order chi connectivity index (χ0) is 12.6. The number of ether oxygens (including phenoxy) is 1. The molecule has 0 aliphatic heterocycles. The first-order valence-electron chi connectivity index (χ1n) is 6.30. The number of aliphatic hydroxyl groups is 1. The van der Waals surface area contributed by atoms with E-state index < -0.39 is 5.60 Å². The first kappa shape index (κ1) is 11.6. The van der Waals surface area contributed by atoms with Gasteiger partial charge in [-0.05, 0) is 30.9 Å². The lowest BCUT2D eigenvalue weighted by molar-refractivity contribution is -0.0533. The second-order valence-electron chi connectivity index (χ2n) is 5.05. The van der Waals surface area contributed by atoms with Gasteiger partial charge in [-0.15, -0.1) is 0 Å². The van der Waals surface area contributed by atoms with Crippen LogP contribution >= 0.6 is 0 Å². The highest BCUT2D eigenvalue weighted by molar-refractivity contribution is 5.78. The van der Waals surface area contributed by atoms with Crippen LogP contribution in [0, 0.1) is 5.92 Å². The number of pyridine rings is 1. The number of rotatable bonds is 4. The molecule has 3 rings (SSSR count). The largest absolute Gasteiger partial charge is 0.382 e. The number of hydrogen-bond donors (Lipinski definition) is 1. The summed E-state index contributed by atoms with van der Waals surface area (Å²) in [6.45, 7) is 0.331. The van der Waals surface area contributed by atoms with Crippen LogP contribution in [0.25, 0.3) is 10.9 Å². The van der Waals surface area contributed by atoms with Gasteiger partial charge in [0, 0.05) is 24.3 Å². The topological polar surface area (TPSA) is 42.4 Å². The number of nitrogens with zero attached hydrogens (tertiary/aromatic N) is 1. The predicted octanol–water partition coefficient (Wildman–Crippen LogP) is 2.48. The van der Waals surface area contributed by atoms with Gasteiger partial charge in [0.2, 0.25) is 0 Å². The summed E-state index contributed by atoms with van der Waals surface area (Å²) in [5.74, 6) is 0.306. The second kappa shape index (κ2) is 4.34. The van der Waals surface area contributed by atoms with Crippen LogP contribution in [0.5, 0.6) is 0 Å². The smallest absolute Gasteiger partial charge is 0.117 e. The van der Waals surface area contributed by atoms with Gasteiger partial charge in [0.15, 0.2) is 0 Å². The molecule has 0 saturated heterocycles. The van der Waals surface area contributed by atoms with Crippen molar-refractivity contribution in [1.82, 2.24) is 4.98 Å². The molecular weight excluding hydrogens is 226 g/mol. The lowest BCUT2D eigenvalue weighted by atomic mass is 9.90. The normalized spacial score (nSPS) is 18.8. The Morgan fingerprint density at radius 2 is 2.17 bits per heavy atom. The molecule has 1 aliphatic rings. The number of benzene rings is 1. The third-order valence-electron chi connectivity index (χ3n) is 3.71. The summed E-state index contributed by atoms with van der Waals surface area (Å²) in [6, 6.07) is 9.98. The predicted molar refractivity (Wildman–Crippen MR) is 70.2 cm³/mol. The van der Waals surface area contributed by atoms with Gasteiger partial charge in [-0.1, -0.05) is 18.2 Å². The Morgan fingerprint density at radius 1 is 1.39 bits per heavy atom. The molecule has 3 nitrogen and oxygen atoms in total. The number of aromatic nitrogens is 1. The van der Waals surface area contributed by atoms with Crippen LogP contribution in [0.3, 0.4) is 0 Å². The van der Waals surface area contributed by atoms with Crippen LogP contribution in [0.4, 0.5) is 0 Å². The van der Waals surface area contributed by atoms with E-state index in [0.29, 0.717) is 12.5 Å². The Kier molecular flexibility index (Phi) is 2.80. The zero-order valence-corrected chi connectivity index (χ0v) is 10.5. The summed E-state index contributed by atoms with van der Waals surface area (Å²) < 4.78 is 5.20. The molecule has 0 spiro atoms. The Hall–Kier alpha value is -1.45. The molecule has 1 aromatic carbocycles. The maximum atomic E-state index is 10.8. The van der Waals surface area contributed by atoms with Crippen molar-refractivity contribution in [3.63, 3.8) is 0 Å². The Bertz CT molecular complexity index is 565. The maximum Gasteiger partial charge on any atom is 0.117 e. The first-order chi connectivity index (χ1) is 8.74. The summed E-state index contributed by atoms with van der Waals surface area (Å²) in [4.78, 5) is 4.42. The van der Waals surface area contributed by atoms with Gasteiger partial charge in [0.25, 0.3) is 0 Å². The minimum atomic E-state index is -0.883. The third-order valence-corrected chi connectivity index (χ3v) is 3.71. The molecule has 3 heteroatoms. The van der Waals surface area contributed by atoms with Crippen LogP contribution in [0.15, 0.2) is 36.5 Å². The molecule has 1 unspecified atom stereocenters. The van der Waals surface area contributed by atoms with Gasteiger partial charge in [0.1, 0.15) is 5.60 Å². The molecule has 1 atom stereocenters. The van der Waals surface area contributed by atoms with Crippen molar-refractivity contribution in [2.24, 2.45) is 5.92 Å². The standard InChI is InChI=1S/C15H17NO2/c1-18-10-15(17,12-6-7-12)13-8-11-4-2-3-5-14(11)16-9-13/h2-5,8-9,12,17H,6-7,10H2,1H3. The van der Waals surface area contributed by atoms with Gasteiger partial charge in [-0.25, -0.2) is 0 Å². The van der Waals surface area contributed by atoms with E-state index in [9.17, 15) is 5.11 Å². The van der Waals surface area contributed by atoms with Crippen LogP contribution < -0.4 is 0 Å². The number of para-hydroxylation sites is 1. The van der Waals surface area contributed by atoms with Gasteiger partial charge >= 0.3 is 0 Å². The van der Waals surface area contributed by atoms with Crippen molar-refractivity contribution in [3.8, 4) is 0 Å². The fourth-order valence-corrected chi connectivity index (χ4v) is 2.53. The van der Waals surface area contributed by atoms with Crippen LogP contribution in [0.2, 0.25) is 0 Å². The van der Waals surface area contributed by atoms with Crippen LogP contribution in [0.1, 0.15) is 18.4 Å². The van der Waals surface area contributed by atoms with E-state index in [0.717, 1.165) is 29.3 Å². The summed E-state index contributed by atoms with van der Waals surface area (Å²) in [7, 11) is 1.63. The summed E-state index contributed by atoms with van der Waals surface area (Å²) in [5, 5.41) is 11.9. The lowest BCUT2D eigenvalue weighted by Gasteiger charge is -2.27. The van der Waals surface area contributed by atoms with Crippen molar-refractivity contribution in [3.05, 3.63) is 42.1 Å². The van der Waals surface area contributed by atoms with Crippen molar-refractivity contribution in [1.29, 1.82) is 0 Å². The Balaban J connectivity index is 2.06. The fraction of sp³-hybridized carbons (Fsp3) is 0.400. The van der Waals surface area contributed by atoms with Gasteiger partial charge in [0.05, 0.1) is 12.1 Å². The third kappa shape index (κ3) is 1.89. The zero-order valence-electron chi connectivity index (χ0n) is 10.5. The van der Waals surface area contributed by atoms with Gasteiger partial charge in [-0.2, -0.15) is 0 Å². The molecule has 0 amide bonds.